The van der Waals surface area contributed by atoms with Gasteiger partial charge in [0.05, 0.1) is 26.1 Å². The van der Waals surface area contributed by atoms with Gasteiger partial charge in [-0.25, -0.2) is 0 Å². The number of ether oxygens (including phenoxy) is 3. The highest BCUT2D eigenvalue weighted by atomic mass is 16.7. The fraction of sp³-hybridized carbons (Fsp3) is 0.778. The predicted octanol–water partition coefficient (Wildman–Crippen LogP) is 0.908. The molecule has 4 heteroatoms. The van der Waals surface area contributed by atoms with Gasteiger partial charge in [0.25, 0.3) is 0 Å². The fourth-order valence-corrected chi connectivity index (χ4v) is 0.752. The van der Waals surface area contributed by atoms with Gasteiger partial charge in [0.2, 0.25) is 0 Å². The molecule has 4 nitrogen and oxygen atoms in total. The van der Waals surface area contributed by atoms with Crippen molar-refractivity contribution in [1.29, 1.82) is 0 Å². The lowest BCUT2D eigenvalue weighted by Gasteiger charge is -2.25. The van der Waals surface area contributed by atoms with Gasteiger partial charge in [0.1, 0.15) is 6.61 Å². The molecular weight excluding hydrogens is 172 g/mol. The summed E-state index contributed by atoms with van der Waals surface area (Å²) in [5.74, 6) is -0.673. The summed E-state index contributed by atoms with van der Waals surface area (Å²) in [5.41, 5.74) is 0. The summed E-state index contributed by atoms with van der Waals surface area (Å²) in [7, 11) is 0. The van der Waals surface area contributed by atoms with Crippen LogP contribution in [-0.2, 0) is 14.2 Å². The highest BCUT2D eigenvalue weighted by Crippen LogP contribution is 2.10. The minimum atomic E-state index is -0.673. The first-order chi connectivity index (χ1) is 6.12. The Morgan fingerprint density at radius 3 is 2.38 bits per heavy atom. The molecular formula is C9H18O4. The van der Waals surface area contributed by atoms with Gasteiger partial charge < -0.3 is 19.3 Å². The average Bonchev–Trinajstić information content (AvgIpc) is 2.09. The molecule has 0 fully saturated rings. The molecule has 0 aliphatic heterocycles. The van der Waals surface area contributed by atoms with E-state index in [1.165, 1.54) is 6.26 Å². The Bertz CT molecular complexity index is 134. The Morgan fingerprint density at radius 1 is 1.23 bits per heavy atom. The van der Waals surface area contributed by atoms with Crippen LogP contribution < -0.4 is 0 Å². The van der Waals surface area contributed by atoms with Gasteiger partial charge in [-0.3, -0.25) is 0 Å². The van der Waals surface area contributed by atoms with Crippen molar-refractivity contribution < 1.29 is 19.3 Å². The minimum Gasteiger partial charge on any atom is -0.499 e. The number of hydrogen-bond donors (Lipinski definition) is 1. The van der Waals surface area contributed by atoms with Crippen molar-refractivity contribution >= 4 is 0 Å². The van der Waals surface area contributed by atoms with Crippen molar-refractivity contribution in [3.8, 4) is 0 Å². The van der Waals surface area contributed by atoms with Gasteiger partial charge in [0, 0.05) is 0 Å². The smallest absolute Gasteiger partial charge is 0.163 e. The molecule has 0 amide bonds. The van der Waals surface area contributed by atoms with Crippen LogP contribution in [0.15, 0.2) is 12.8 Å². The van der Waals surface area contributed by atoms with E-state index in [4.69, 9.17) is 19.3 Å². The second kappa shape index (κ2) is 6.88. The molecule has 0 rings (SSSR count). The third kappa shape index (κ3) is 7.77. The highest BCUT2D eigenvalue weighted by Gasteiger charge is 2.17. The zero-order chi connectivity index (χ0) is 10.2. The molecule has 0 bridgehead atoms. The topological polar surface area (TPSA) is 47.9 Å². The van der Waals surface area contributed by atoms with Crippen LogP contribution in [0.4, 0.5) is 0 Å². The normalized spacial score (nSPS) is 11.3. The Labute approximate surface area is 79.1 Å². The summed E-state index contributed by atoms with van der Waals surface area (Å²) in [4.78, 5) is 0. The van der Waals surface area contributed by atoms with Crippen molar-refractivity contribution in [2.45, 2.75) is 19.6 Å². The number of aliphatic hydroxyl groups is 1. The molecule has 13 heavy (non-hydrogen) atoms. The molecule has 0 saturated carbocycles. The highest BCUT2D eigenvalue weighted by molar-refractivity contribution is 4.54. The molecule has 0 atom stereocenters. The van der Waals surface area contributed by atoms with E-state index in [1.807, 2.05) is 0 Å². The quantitative estimate of drug-likeness (QED) is 0.351. The Kier molecular flexibility index (Phi) is 6.58. The van der Waals surface area contributed by atoms with E-state index in [9.17, 15) is 0 Å². The summed E-state index contributed by atoms with van der Waals surface area (Å²) < 4.78 is 15.4. The second-order valence-electron chi connectivity index (χ2n) is 2.86. The number of hydrogen-bond acceptors (Lipinski definition) is 4. The third-order valence-corrected chi connectivity index (χ3v) is 1.31. The maximum absolute atomic E-state index is 8.52. The van der Waals surface area contributed by atoms with E-state index < -0.39 is 5.79 Å². The molecule has 0 radical (unpaired) electrons. The molecule has 78 valence electrons. The first-order valence-corrected chi connectivity index (χ1v) is 4.23. The van der Waals surface area contributed by atoms with Gasteiger partial charge in [-0.1, -0.05) is 6.58 Å². The summed E-state index contributed by atoms with van der Waals surface area (Å²) in [6.07, 6.45) is 1.37. The van der Waals surface area contributed by atoms with Crippen LogP contribution in [0.3, 0.4) is 0 Å². The summed E-state index contributed by atoms with van der Waals surface area (Å²) in [6, 6.07) is 0. The fourth-order valence-electron chi connectivity index (χ4n) is 0.752. The minimum absolute atomic E-state index is 0.00402. The van der Waals surface area contributed by atoms with Crippen LogP contribution in [0.1, 0.15) is 13.8 Å². The maximum Gasteiger partial charge on any atom is 0.163 e. The summed E-state index contributed by atoms with van der Waals surface area (Å²) >= 11 is 0. The molecule has 0 saturated heterocycles. The zero-order valence-electron chi connectivity index (χ0n) is 8.28. The Morgan fingerprint density at radius 2 is 1.85 bits per heavy atom. The van der Waals surface area contributed by atoms with Crippen LogP contribution >= 0.6 is 0 Å². The standard InChI is InChI=1S/C9H18O4/c1-4-11-7-8-13-9(2,3)12-6-5-10/h4,10H,1,5-8H2,2-3H3. The number of rotatable bonds is 8. The van der Waals surface area contributed by atoms with Crippen LogP contribution in [0, 0.1) is 0 Å². The zero-order valence-corrected chi connectivity index (χ0v) is 8.28. The first-order valence-electron chi connectivity index (χ1n) is 4.23. The van der Waals surface area contributed by atoms with E-state index in [1.54, 1.807) is 13.8 Å². The van der Waals surface area contributed by atoms with Crippen LogP contribution in [0.25, 0.3) is 0 Å². The molecule has 0 aromatic heterocycles. The number of aliphatic hydroxyl groups excluding tert-OH is 1. The van der Waals surface area contributed by atoms with E-state index in [0.29, 0.717) is 13.2 Å². The molecule has 0 aromatic carbocycles. The van der Waals surface area contributed by atoms with Crippen molar-refractivity contribution in [2.24, 2.45) is 0 Å². The molecule has 1 N–H and O–H groups in total. The van der Waals surface area contributed by atoms with Crippen molar-refractivity contribution in [3.63, 3.8) is 0 Å². The third-order valence-electron chi connectivity index (χ3n) is 1.31. The van der Waals surface area contributed by atoms with E-state index in [2.05, 4.69) is 6.58 Å². The van der Waals surface area contributed by atoms with Crippen molar-refractivity contribution in [1.82, 2.24) is 0 Å². The van der Waals surface area contributed by atoms with E-state index in [0.717, 1.165) is 0 Å². The lowest BCUT2D eigenvalue weighted by Crippen LogP contribution is -2.30. The van der Waals surface area contributed by atoms with Crippen molar-refractivity contribution in [2.75, 3.05) is 26.4 Å². The van der Waals surface area contributed by atoms with Gasteiger partial charge in [0.15, 0.2) is 5.79 Å². The average molecular weight is 190 g/mol. The Hall–Kier alpha value is -0.580. The van der Waals surface area contributed by atoms with Gasteiger partial charge in [-0.2, -0.15) is 0 Å². The van der Waals surface area contributed by atoms with Crippen LogP contribution in [0.5, 0.6) is 0 Å². The predicted molar refractivity (Wildman–Crippen MR) is 49.2 cm³/mol. The molecule has 0 aliphatic rings. The largest absolute Gasteiger partial charge is 0.499 e. The summed E-state index contributed by atoms with van der Waals surface area (Å²) in [5, 5.41) is 8.52. The molecule has 0 aromatic rings. The van der Waals surface area contributed by atoms with Crippen LogP contribution in [0.2, 0.25) is 0 Å². The molecule has 0 aliphatic carbocycles. The molecule has 0 heterocycles. The van der Waals surface area contributed by atoms with Crippen LogP contribution in [-0.4, -0.2) is 37.3 Å². The Balaban J connectivity index is 3.44. The molecule has 0 unspecified atom stereocenters. The van der Waals surface area contributed by atoms with Gasteiger partial charge in [-0.05, 0) is 13.8 Å². The van der Waals surface area contributed by atoms with E-state index in [-0.39, 0.29) is 13.2 Å². The lowest BCUT2D eigenvalue weighted by atomic mass is 10.4. The summed E-state index contributed by atoms with van der Waals surface area (Å²) in [6.45, 7) is 8.14. The maximum atomic E-state index is 8.52. The second-order valence-corrected chi connectivity index (χ2v) is 2.86. The lowest BCUT2D eigenvalue weighted by molar-refractivity contribution is -0.220. The monoisotopic (exact) mass is 190 g/mol. The SMILES string of the molecule is C=COCCOC(C)(C)OCCO. The van der Waals surface area contributed by atoms with E-state index >= 15 is 0 Å². The van der Waals surface area contributed by atoms with Gasteiger partial charge >= 0.3 is 0 Å². The van der Waals surface area contributed by atoms with Gasteiger partial charge in [-0.15, -0.1) is 0 Å². The van der Waals surface area contributed by atoms with Crippen molar-refractivity contribution in [3.05, 3.63) is 12.8 Å². The molecule has 0 spiro atoms. The first kappa shape index (κ1) is 12.4.